The van der Waals surface area contributed by atoms with Crippen LogP contribution in [0.5, 0.6) is 11.8 Å². The molecule has 0 spiro atoms. The Morgan fingerprint density at radius 1 is 1.20 bits per heavy atom. The van der Waals surface area contributed by atoms with Crippen molar-refractivity contribution in [1.29, 1.82) is 0 Å². The maximum atomic E-state index is 12.3. The molecule has 0 radical (unpaired) electrons. The van der Waals surface area contributed by atoms with Crippen LogP contribution in [0.1, 0.15) is 6.92 Å². The van der Waals surface area contributed by atoms with Gasteiger partial charge in [0.25, 0.3) is 17.3 Å². The van der Waals surface area contributed by atoms with Crippen LogP contribution < -0.4 is 30.6 Å². The zero-order valence-electron chi connectivity index (χ0n) is 18.8. The fraction of sp³-hybridized carbons (Fsp3) is 0.381. The van der Waals surface area contributed by atoms with E-state index < -0.39 is 12.2 Å². The van der Waals surface area contributed by atoms with Crippen LogP contribution in [0.4, 0.5) is 16.4 Å². The molecule has 0 bridgehead atoms. The van der Waals surface area contributed by atoms with Crippen LogP contribution in [0.15, 0.2) is 29.3 Å². The normalized spacial score (nSPS) is 17.1. The van der Waals surface area contributed by atoms with E-state index in [1.165, 1.54) is 21.9 Å². The number of nitrogens with one attached hydrogen (secondary N) is 2. The smallest absolute Gasteiger partial charge is 0.416 e. The van der Waals surface area contributed by atoms with Gasteiger partial charge in [-0.1, -0.05) is 0 Å². The van der Waals surface area contributed by atoms with Gasteiger partial charge in [0.2, 0.25) is 5.88 Å². The molecule has 0 aliphatic carbocycles. The van der Waals surface area contributed by atoms with Crippen LogP contribution in [0, 0.1) is 0 Å². The number of pyridine rings is 1. The number of aryl methyl sites for hydroxylation is 1. The second-order valence-corrected chi connectivity index (χ2v) is 7.72. The highest BCUT2D eigenvalue weighted by molar-refractivity contribution is 5.94. The van der Waals surface area contributed by atoms with Gasteiger partial charge in [-0.15, -0.1) is 0 Å². The molecular weight excluding hydrogens is 460 g/mol. The number of carbonyl (C=O) groups is 2. The largest absolute Gasteiger partial charge is 0.476 e. The first-order chi connectivity index (χ1) is 17.0. The number of ether oxygens (including phenoxy) is 3. The summed E-state index contributed by atoms with van der Waals surface area (Å²) in [5.41, 5.74) is 0.869. The summed E-state index contributed by atoms with van der Waals surface area (Å²) in [6, 6.07) is 3.45. The third-order valence-corrected chi connectivity index (χ3v) is 5.36. The van der Waals surface area contributed by atoms with Gasteiger partial charge in [0.05, 0.1) is 18.9 Å². The molecule has 0 aromatic carbocycles. The van der Waals surface area contributed by atoms with Crippen LogP contribution in [-0.4, -0.2) is 75.5 Å². The SMILES string of the molecule is CCn1c(=O)cnc2ccc(OCCNC[C@H]3CN(c4cnc5c(n4)NC(=O)CO5)C(=O)O3)nc21. The summed E-state index contributed by atoms with van der Waals surface area (Å²) >= 11 is 0. The second-order valence-electron chi connectivity index (χ2n) is 7.72. The van der Waals surface area contributed by atoms with Crippen molar-refractivity contribution in [3.8, 4) is 11.8 Å². The highest BCUT2D eigenvalue weighted by atomic mass is 16.6. The van der Waals surface area contributed by atoms with E-state index in [1.807, 2.05) is 6.92 Å². The molecule has 2 aliphatic rings. The zero-order valence-corrected chi connectivity index (χ0v) is 18.8. The molecule has 5 heterocycles. The van der Waals surface area contributed by atoms with Crippen molar-refractivity contribution < 1.29 is 23.8 Å². The lowest BCUT2D eigenvalue weighted by Crippen LogP contribution is -2.33. The highest BCUT2D eigenvalue weighted by Gasteiger charge is 2.34. The minimum atomic E-state index is -0.554. The molecule has 3 aromatic heterocycles. The summed E-state index contributed by atoms with van der Waals surface area (Å²) < 4.78 is 17.8. The van der Waals surface area contributed by atoms with E-state index in [0.717, 1.165) is 0 Å². The Morgan fingerprint density at radius 2 is 2.09 bits per heavy atom. The summed E-state index contributed by atoms with van der Waals surface area (Å²) in [4.78, 5) is 53.9. The monoisotopic (exact) mass is 482 g/mol. The van der Waals surface area contributed by atoms with Crippen LogP contribution >= 0.6 is 0 Å². The van der Waals surface area contributed by atoms with Gasteiger partial charge in [0.1, 0.15) is 18.2 Å². The molecule has 1 fully saturated rings. The number of fused-ring (bicyclic) bond motifs is 2. The van der Waals surface area contributed by atoms with Gasteiger partial charge in [0, 0.05) is 25.7 Å². The van der Waals surface area contributed by atoms with Crippen molar-refractivity contribution in [3.05, 3.63) is 34.9 Å². The molecule has 0 saturated carbocycles. The van der Waals surface area contributed by atoms with Gasteiger partial charge in [-0.2, -0.15) is 4.98 Å². The van der Waals surface area contributed by atoms with Crippen molar-refractivity contribution in [2.75, 3.05) is 43.1 Å². The fourth-order valence-corrected chi connectivity index (χ4v) is 3.70. The number of amides is 2. The Balaban J connectivity index is 1.12. The van der Waals surface area contributed by atoms with Crippen molar-refractivity contribution in [2.24, 2.45) is 0 Å². The Morgan fingerprint density at radius 3 is 2.94 bits per heavy atom. The molecule has 14 nitrogen and oxygen atoms in total. The summed E-state index contributed by atoms with van der Waals surface area (Å²) in [6.07, 6.45) is 1.71. The Bertz CT molecular complexity index is 1350. The van der Waals surface area contributed by atoms with E-state index in [2.05, 4.69) is 30.6 Å². The van der Waals surface area contributed by atoms with Crippen LogP contribution in [0.2, 0.25) is 0 Å². The molecule has 1 saturated heterocycles. The van der Waals surface area contributed by atoms with Crippen LogP contribution in [0.3, 0.4) is 0 Å². The van der Waals surface area contributed by atoms with Crippen LogP contribution in [0.25, 0.3) is 11.2 Å². The predicted molar refractivity (Wildman–Crippen MR) is 122 cm³/mol. The molecule has 2 amide bonds. The Kier molecular flexibility index (Phi) is 6.10. The van der Waals surface area contributed by atoms with Gasteiger partial charge in [-0.05, 0) is 13.0 Å². The molecule has 2 N–H and O–H groups in total. The van der Waals surface area contributed by atoms with E-state index in [4.69, 9.17) is 14.2 Å². The van der Waals surface area contributed by atoms with Gasteiger partial charge < -0.3 is 24.8 Å². The Labute approximate surface area is 198 Å². The lowest BCUT2D eigenvalue weighted by molar-refractivity contribution is -0.118. The van der Waals surface area contributed by atoms with E-state index >= 15 is 0 Å². The minimum Gasteiger partial charge on any atom is -0.476 e. The molecule has 2 aliphatic heterocycles. The van der Waals surface area contributed by atoms with Gasteiger partial charge in [-0.25, -0.2) is 19.7 Å². The number of cyclic esters (lactones) is 1. The summed E-state index contributed by atoms with van der Waals surface area (Å²) in [5, 5.41) is 5.74. The lowest BCUT2D eigenvalue weighted by Gasteiger charge is -2.18. The van der Waals surface area contributed by atoms with Gasteiger partial charge in [0.15, 0.2) is 23.9 Å². The third-order valence-electron chi connectivity index (χ3n) is 5.36. The zero-order chi connectivity index (χ0) is 24.4. The van der Waals surface area contributed by atoms with Crippen molar-refractivity contribution in [3.63, 3.8) is 0 Å². The van der Waals surface area contributed by atoms with E-state index in [9.17, 15) is 14.4 Å². The number of aromatic nitrogens is 5. The molecule has 5 rings (SSSR count). The maximum Gasteiger partial charge on any atom is 0.416 e. The first-order valence-corrected chi connectivity index (χ1v) is 11.0. The predicted octanol–water partition coefficient (Wildman–Crippen LogP) is -0.0739. The van der Waals surface area contributed by atoms with Crippen molar-refractivity contribution >= 4 is 34.8 Å². The fourth-order valence-electron chi connectivity index (χ4n) is 3.70. The number of anilines is 2. The van der Waals surface area contributed by atoms with E-state index in [1.54, 1.807) is 12.1 Å². The van der Waals surface area contributed by atoms with E-state index in [-0.39, 0.29) is 42.1 Å². The highest BCUT2D eigenvalue weighted by Crippen LogP contribution is 2.27. The number of carbonyl (C=O) groups excluding carboxylic acids is 2. The molecule has 0 unspecified atom stereocenters. The first-order valence-electron chi connectivity index (χ1n) is 11.0. The second kappa shape index (κ2) is 9.50. The maximum absolute atomic E-state index is 12.3. The molecule has 35 heavy (non-hydrogen) atoms. The number of rotatable bonds is 8. The molecule has 1 atom stereocenters. The summed E-state index contributed by atoms with van der Waals surface area (Å²) in [7, 11) is 0. The molecule has 3 aromatic rings. The number of hydrogen-bond donors (Lipinski definition) is 2. The molecule has 14 heteroatoms. The van der Waals surface area contributed by atoms with Crippen molar-refractivity contribution in [2.45, 2.75) is 19.6 Å². The summed E-state index contributed by atoms with van der Waals surface area (Å²) in [6.45, 7) is 3.67. The standard InChI is InChI=1S/C21H22N8O6/c1-2-28-17(31)9-23-13-3-4-16(27-19(13)28)33-6-5-22-7-12-10-29(21(32)35-12)14-8-24-20-18(25-14)26-15(30)11-34-20/h3-4,8-9,12,22H,2,5-7,10-11H2,1H3,(H,25,26,30)/t12-/m0/s1. The van der Waals surface area contributed by atoms with Gasteiger partial charge >= 0.3 is 6.09 Å². The van der Waals surface area contributed by atoms with Gasteiger partial charge in [-0.3, -0.25) is 19.1 Å². The Hall–Kier alpha value is -4.33. The average molecular weight is 482 g/mol. The summed E-state index contributed by atoms with van der Waals surface area (Å²) in [5.74, 6) is 0.670. The first kappa shape index (κ1) is 22.5. The van der Waals surface area contributed by atoms with Crippen molar-refractivity contribution in [1.82, 2.24) is 29.8 Å². The third kappa shape index (κ3) is 4.68. The molecular formula is C21H22N8O6. The van der Waals surface area contributed by atoms with Crippen LogP contribution in [-0.2, 0) is 16.1 Å². The van der Waals surface area contributed by atoms with E-state index in [0.29, 0.717) is 43.3 Å². The number of nitrogens with zero attached hydrogens (tertiary/aromatic N) is 6. The quantitative estimate of drug-likeness (QED) is 0.413. The topological polar surface area (TPSA) is 163 Å². The number of hydrogen-bond acceptors (Lipinski definition) is 11. The molecule has 182 valence electrons. The average Bonchev–Trinajstić information content (AvgIpc) is 3.23. The lowest BCUT2D eigenvalue weighted by atomic mass is 10.3. The minimum absolute atomic E-state index is 0.127.